The molecule has 2 rings (SSSR count). The Kier molecular flexibility index (Phi) is 3.92. The second kappa shape index (κ2) is 5.42. The minimum atomic E-state index is 0.365. The third kappa shape index (κ3) is 2.89. The number of hydrogen-bond acceptors (Lipinski definition) is 2. The van der Waals surface area contributed by atoms with Crippen molar-refractivity contribution in [3.05, 3.63) is 29.8 Å². The SMILES string of the molecule is CCOc1cccc(C2CSCC[N]2)c1. The summed E-state index contributed by atoms with van der Waals surface area (Å²) in [7, 11) is 0. The predicted octanol–water partition coefficient (Wildman–Crippen LogP) is 2.48. The second-order valence-electron chi connectivity index (χ2n) is 3.50. The molecule has 1 aliphatic heterocycles. The van der Waals surface area contributed by atoms with Crippen LogP contribution in [-0.4, -0.2) is 24.7 Å². The largest absolute Gasteiger partial charge is 0.494 e. The van der Waals surface area contributed by atoms with E-state index in [1.807, 2.05) is 24.8 Å². The summed E-state index contributed by atoms with van der Waals surface area (Å²) in [6.07, 6.45) is 0. The van der Waals surface area contributed by atoms with E-state index < -0.39 is 0 Å². The third-order valence-corrected chi connectivity index (χ3v) is 3.44. The summed E-state index contributed by atoms with van der Waals surface area (Å²) in [6.45, 7) is 3.71. The Bertz CT molecular complexity index is 310. The van der Waals surface area contributed by atoms with Gasteiger partial charge < -0.3 is 4.74 Å². The van der Waals surface area contributed by atoms with E-state index in [9.17, 15) is 0 Å². The Hall–Kier alpha value is -0.670. The molecule has 1 fully saturated rings. The molecule has 0 bridgehead atoms. The summed E-state index contributed by atoms with van der Waals surface area (Å²) in [5.74, 6) is 3.23. The zero-order valence-electron chi connectivity index (χ0n) is 8.98. The van der Waals surface area contributed by atoms with Crippen LogP contribution in [0.4, 0.5) is 0 Å². The monoisotopic (exact) mass is 222 g/mol. The Balaban J connectivity index is 2.09. The molecule has 1 radical (unpaired) electrons. The Labute approximate surface area is 95.4 Å². The molecule has 1 heterocycles. The zero-order valence-corrected chi connectivity index (χ0v) is 9.80. The molecule has 0 aliphatic carbocycles. The Morgan fingerprint density at radius 2 is 2.47 bits per heavy atom. The van der Waals surface area contributed by atoms with Crippen LogP contribution in [0.5, 0.6) is 5.75 Å². The van der Waals surface area contributed by atoms with Crippen LogP contribution in [0, 0.1) is 0 Å². The molecule has 0 aromatic heterocycles. The van der Waals surface area contributed by atoms with Gasteiger partial charge in [0.25, 0.3) is 0 Å². The second-order valence-corrected chi connectivity index (χ2v) is 4.65. The zero-order chi connectivity index (χ0) is 10.5. The highest BCUT2D eigenvalue weighted by Gasteiger charge is 2.16. The van der Waals surface area contributed by atoms with E-state index in [1.165, 1.54) is 11.3 Å². The van der Waals surface area contributed by atoms with Crippen LogP contribution in [0.3, 0.4) is 0 Å². The molecule has 1 unspecified atom stereocenters. The van der Waals surface area contributed by atoms with Gasteiger partial charge in [0, 0.05) is 18.1 Å². The van der Waals surface area contributed by atoms with Crippen molar-refractivity contribution in [2.75, 3.05) is 24.7 Å². The molecular formula is C12H16NOS. The van der Waals surface area contributed by atoms with Crippen LogP contribution in [0.2, 0.25) is 0 Å². The molecule has 1 aromatic rings. The fourth-order valence-electron chi connectivity index (χ4n) is 1.70. The van der Waals surface area contributed by atoms with Crippen molar-refractivity contribution in [1.29, 1.82) is 0 Å². The van der Waals surface area contributed by atoms with Crippen LogP contribution in [0.15, 0.2) is 24.3 Å². The van der Waals surface area contributed by atoms with Crippen molar-refractivity contribution >= 4 is 11.8 Å². The first-order valence-electron chi connectivity index (χ1n) is 5.37. The van der Waals surface area contributed by atoms with Crippen LogP contribution >= 0.6 is 11.8 Å². The van der Waals surface area contributed by atoms with E-state index in [0.717, 1.165) is 24.7 Å². The molecule has 0 saturated carbocycles. The lowest BCUT2D eigenvalue weighted by molar-refractivity contribution is 0.339. The molecule has 0 spiro atoms. The number of ether oxygens (including phenoxy) is 1. The molecule has 1 aromatic carbocycles. The van der Waals surface area contributed by atoms with Crippen LogP contribution in [0.25, 0.3) is 0 Å². The highest BCUT2D eigenvalue weighted by atomic mass is 32.2. The van der Waals surface area contributed by atoms with Gasteiger partial charge in [0.05, 0.1) is 12.6 Å². The molecule has 2 nitrogen and oxygen atoms in total. The molecule has 1 atom stereocenters. The van der Waals surface area contributed by atoms with E-state index in [0.29, 0.717) is 6.04 Å². The Morgan fingerprint density at radius 1 is 1.53 bits per heavy atom. The van der Waals surface area contributed by atoms with Gasteiger partial charge in [-0.05, 0) is 24.6 Å². The van der Waals surface area contributed by atoms with Gasteiger partial charge in [-0.25, -0.2) is 5.32 Å². The predicted molar refractivity (Wildman–Crippen MR) is 64.7 cm³/mol. The first-order valence-corrected chi connectivity index (χ1v) is 6.52. The van der Waals surface area contributed by atoms with Gasteiger partial charge in [-0.15, -0.1) is 0 Å². The van der Waals surface area contributed by atoms with E-state index >= 15 is 0 Å². The maximum absolute atomic E-state index is 5.49. The minimum absolute atomic E-state index is 0.365. The highest BCUT2D eigenvalue weighted by molar-refractivity contribution is 7.99. The topological polar surface area (TPSA) is 23.3 Å². The standard InChI is InChI=1S/C12H16NOS/c1-2-14-11-5-3-4-10(8-11)12-9-15-7-6-13-12/h3-5,8,12H,2,6-7,9H2,1H3. The first-order chi connectivity index (χ1) is 7.40. The van der Waals surface area contributed by atoms with Gasteiger partial charge in [0.15, 0.2) is 0 Å². The number of hydrogen-bond donors (Lipinski definition) is 0. The van der Waals surface area contributed by atoms with E-state index in [-0.39, 0.29) is 0 Å². The van der Waals surface area contributed by atoms with Gasteiger partial charge in [-0.2, -0.15) is 11.8 Å². The average Bonchev–Trinajstić information content (AvgIpc) is 2.31. The van der Waals surface area contributed by atoms with Gasteiger partial charge in [-0.1, -0.05) is 12.1 Å². The number of benzene rings is 1. The van der Waals surface area contributed by atoms with Crippen LogP contribution < -0.4 is 10.1 Å². The van der Waals surface area contributed by atoms with Crippen molar-refractivity contribution in [3.8, 4) is 5.75 Å². The lowest BCUT2D eigenvalue weighted by Gasteiger charge is -2.22. The van der Waals surface area contributed by atoms with Crippen molar-refractivity contribution in [1.82, 2.24) is 5.32 Å². The maximum atomic E-state index is 5.49. The summed E-state index contributed by atoms with van der Waals surface area (Å²) >= 11 is 1.98. The third-order valence-electron chi connectivity index (χ3n) is 2.41. The van der Waals surface area contributed by atoms with Crippen molar-refractivity contribution in [2.24, 2.45) is 0 Å². The lowest BCUT2D eigenvalue weighted by Crippen LogP contribution is -2.23. The number of rotatable bonds is 3. The molecule has 1 saturated heterocycles. The summed E-state index contributed by atoms with van der Waals surface area (Å²) < 4.78 is 5.49. The van der Waals surface area contributed by atoms with Crippen LogP contribution in [0.1, 0.15) is 18.5 Å². The smallest absolute Gasteiger partial charge is 0.119 e. The van der Waals surface area contributed by atoms with Gasteiger partial charge in [-0.3, -0.25) is 0 Å². The number of thioether (sulfide) groups is 1. The average molecular weight is 222 g/mol. The Morgan fingerprint density at radius 3 is 3.20 bits per heavy atom. The van der Waals surface area contributed by atoms with Gasteiger partial charge in [0.1, 0.15) is 5.75 Å². The number of nitrogens with zero attached hydrogens (tertiary/aromatic N) is 1. The fourth-order valence-corrected chi connectivity index (χ4v) is 2.62. The van der Waals surface area contributed by atoms with Gasteiger partial charge >= 0.3 is 0 Å². The lowest BCUT2D eigenvalue weighted by atomic mass is 10.1. The summed E-state index contributed by atoms with van der Waals surface area (Å²) in [5.41, 5.74) is 1.29. The summed E-state index contributed by atoms with van der Waals surface area (Å²) in [5, 5.41) is 4.62. The highest BCUT2D eigenvalue weighted by Crippen LogP contribution is 2.25. The van der Waals surface area contributed by atoms with Crippen molar-refractivity contribution < 1.29 is 4.74 Å². The molecule has 0 N–H and O–H groups in total. The summed E-state index contributed by atoms with van der Waals surface area (Å²) in [6, 6.07) is 8.67. The van der Waals surface area contributed by atoms with E-state index in [4.69, 9.17) is 4.74 Å². The molecule has 1 aliphatic rings. The normalized spacial score (nSPS) is 21.3. The van der Waals surface area contributed by atoms with Crippen LogP contribution in [-0.2, 0) is 0 Å². The fraction of sp³-hybridized carbons (Fsp3) is 0.500. The quantitative estimate of drug-likeness (QED) is 0.784. The molecule has 3 heteroatoms. The van der Waals surface area contributed by atoms with Crippen molar-refractivity contribution in [3.63, 3.8) is 0 Å². The minimum Gasteiger partial charge on any atom is -0.494 e. The van der Waals surface area contributed by atoms with E-state index in [1.54, 1.807) is 0 Å². The first kappa shape index (κ1) is 10.8. The molecule has 15 heavy (non-hydrogen) atoms. The van der Waals surface area contributed by atoms with Gasteiger partial charge in [0.2, 0.25) is 0 Å². The molecule has 81 valence electrons. The van der Waals surface area contributed by atoms with Crippen molar-refractivity contribution in [2.45, 2.75) is 13.0 Å². The molecular weight excluding hydrogens is 206 g/mol. The maximum Gasteiger partial charge on any atom is 0.119 e. The van der Waals surface area contributed by atoms with E-state index in [2.05, 4.69) is 23.5 Å². The summed E-state index contributed by atoms with van der Waals surface area (Å²) in [4.78, 5) is 0. The molecule has 0 amide bonds.